The number of nitrogens with zero attached hydrogens (tertiary/aromatic N) is 4. The molecular weight excluding hydrogens is 412 g/mol. The molecule has 2 aliphatic rings. The quantitative estimate of drug-likeness (QED) is 0.704. The molecule has 1 amide bonds. The number of benzene rings is 1. The summed E-state index contributed by atoms with van der Waals surface area (Å²) in [6.45, 7) is 10.7. The molecule has 1 aromatic rings. The standard InChI is InChI=1S/C19H26N4O3S.C4H10/c20-8-1-3-19(24)23-10-2-9-21(11-12-23)17-4-6-18(7-5-17)22-13-15-27(25,26)16-14-22;1-4(2)3/h4-7H,1-3,9-16H2;4H,1-3H3. The fourth-order valence-corrected chi connectivity index (χ4v) is 4.79. The molecule has 8 heteroatoms. The van der Waals surface area contributed by atoms with Gasteiger partial charge in [-0.25, -0.2) is 8.42 Å². The Hall–Kier alpha value is -2.27. The Labute approximate surface area is 187 Å². The highest BCUT2D eigenvalue weighted by atomic mass is 32.2. The Bertz CT molecular complexity index is 830. The van der Waals surface area contributed by atoms with E-state index in [9.17, 15) is 13.2 Å². The van der Waals surface area contributed by atoms with Crippen LogP contribution >= 0.6 is 0 Å². The summed E-state index contributed by atoms with van der Waals surface area (Å²) in [6.07, 6.45) is 1.49. The molecule has 172 valence electrons. The van der Waals surface area contributed by atoms with Crippen molar-refractivity contribution < 1.29 is 13.2 Å². The van der Waals surface area contributed by atoms with Crippen LogP contribution in [0.3, 0.4) is 0 Å². The van der Waals surface area contributed by atoms with Gasteiger partial charge in [-0.2, -0.15) is 5.26 Å². The van der Waals surface area contributed by atoms with Gasteiger partial charge in [0, 0.05) is 63.5 Å². The number of hydrogen-bond acceptors (Lipinski definition) is 6. The van der Waals surface area contributed by atoms with Gasteiger partial charge in [0.25, 0.3) is 0 Å². The number of rotatable bonds is 4. The summed E-state index contributed by atoms with van der Waals surface area (Å²) in [5.74, 6) is 1.33. The molecule has 0 N–H and O–H groups in total. The SMILES string of the molecule is CC(C)C.N#CCCC(=O)N1CCCN(c2ccc(N3CCS(=O)(=O)CC3)cc2)CC1. The molecule has 2 saturated heterocycles. The Morgan fingerprint density at radius 3 is 1.97 bits per heavy atom. The number of carbonyl (C=O) groups excluding carboxylic acids is 1. The van der Waals surface area contributed by atoms with Crippen molar-refractivity contribution in [2.75, 3.05) is 60.6 Å². The van der Waals surface area contributed by atoms with Crippen LogP contribution < -0.4 is 9.80 Å². The second-order valence-corrected chi connectivity index (χ2v) is 11.1. The van der Waals surface area contributed by atoms with E-state index in [1.807, 2.05) is 23.1 Å². The van der Waals surface area contributed by atoms with Crippen molar-refractivity contribution in [1.82, 2.24) is 4.90 Å². The Balaban J connectivity index is 0.000000785. The molecule has 0 unspecified atom stereocenters. The second kappa shape index (κ2) is 11.9. The van der Waals surface area contributed by atoms with Crippen LogP contribution in [0.2, 0.25) is 0 Å². The van der Waals surface area contributed by atoms with E-state index in [0.29, 0.717) is 26.1 Å². The fourth-order valence-electron chi connectivity index (χ4n) is 3.59. The minimum absolute atomic E-state index is 0.0637. The van der Waals surface area contributed by atoms with Crippen LogP contribution in [-0.4, -0.2) is 70.0 Å². The second-order valence-electron chi connectivity index (χ2n) is 8.77. The molecule has 0 atom stereocenters. The first-order valence-corrected chi connectivity index (χ1v) is 13.0. The first-order valence-electron chi connectivity index (χ1n) is 11.2. The van der Waals surface area contributed by atoms with Crippen LogP contribution in [0, 0.1) is 17.2 Å². The van der Waals surface area contributed by atoms with E-state index in [-0.39, 0.29) is 23.8 Å². The van der Waals surface area contributed by atoms with Crippen LogP contribution in [-0.2, 0) is 14.6 Å². The third kappa shape index (κ3) is 8.41. The molecule has 1 aromatic carbocycles. The zero-order valence-electron chi connectivity index (χ0n) is 19.1. The number of nitriles is 1. The minimum atomic E-state index is -2.87. The first kappa shape index (κ1) is 25.0. The number of amides is 1. The molecule has 0 aromatic heterocycles. The van der Waals surface area contributed by atoms with Gasteiger partial charge in [0.1, 0.15) is 0 Å². The summed E-state index contributed by atoms with van der Waals surface area (Å²) in [7, 11) is -2.87. The van der Waals surface area contributed by atoms with Gasteiger partial charge >= 0.3 is 0 Å². The van der Waals surface area contributed by atoms with E-state index in [1.54, 1.807) is 0 Å². The third-order valence-electron chi connectivity index (χ3n) is 5.22. The summed E-state index contributed by atoms with van der Waals surface area (Å²) in [6, 6.07) is 10.3. The lowest BCUT2D eigenvalue weighted by Crippen LogP contribution is -2.40. The molecular formula is C23H36N4O3S. The van der Waals surface area contributed by atoms with Gasteiger partial charge in [-0.05, 0) is 36.6 Å². The van der Waals surface area contributed by atoms with E-state index >= 15 is 0 Å². The molecule has 0 saturated carbocycles. The third-order valence-corrected chi connectivity index (χ3v) is 6.83. The predicted molar refractivity (Wildman–Crippen MR) is 126 cm³/mol. The smallest absolute Gasteiger partial charge is 0.223 e. The summed E-state index contributed by atoms with van der Waals surface area (Å²) in [4.78, 5) is 18.4. The zero-order chi connectivity index (χ0) is 22.9. The molecule has 3 rings (SSSR count). The molecule has 0 aliphatic carbocycles. The van der Waals surface area contributed by atoms with Crippen molar-refractivity contribution in [2.45, 2.75) is 40.0 Å². The number of anilines is 2. The Kier molecular flexibility index (Phi) is 9.63. The maximum Gasteiger partial charge on any atom is 0.223 e. The Morgan fingerprint density at radius 2 is 1.45 bits per heavy atom. The van der Waals surface area contributed by atoms with Crippen molar-refractivity contribution in [3.63, 3.8) is 0 Å². The normalized spacial score (nSPS) is 18.6. The molecule has 0 spiro atoms. The predicted octanol–water partition coefficient (Wildman–Crippen LogP) is 2.93. The van der Waals surface area contributed by atoms with E-state index in [0.717, 1.165) is 43.3 Å². The highest BCUT2D eigenvalue weighted by Crippen LogP contribution is 2.23. The maximum absolute atomic E-state index is 12.1. The summed E-state index contributed by atoms with van der Waals surface area (Å²) >= 11 is 0. The van der Waals surface area contributed by atoms with Gasteiger partial charge in [0.2, 0.25) is 5.91 Å². The summed E-state index contributed by atoms with van der Waals surface area (Å²) in [5, 5.41) is 8.64. The van der Waals surface area contributed by atoms with Gasteiger partial charge in [0.05, 0.1) is 17.6 Å². The summed E-state index contributed by atoms with van der Waals surface area (Å²) in [5.41, 5.74) is 2.17. The van der Waals surface area contributed by atoms with E-state index in [1.165, 1.54) is 0 Å². The van der Waals surface area contributed by atoms with Crippen molar-refractivity contribution in [1.29, 1.82) is 5.26 Å². The van der Waals surface area contributed by atoms with Gasteiger partial charge in [0.15, 0.2) is 9.84 Å². The van der Waals surface area contributed by atoms with Crippen molar-refractivity contribution in [2.24, 2.45) is 5.92 Å². The number of carbonyl (C=O) groups is 1. The van der Waals surface area contributed by atoms with Crippen LogP contribution in [0.1, 0.15) is 40.0 Å². The van der Waals surface area contributed by atoms with Crippen LogP contribution in [0.5, 0.6) is 0 Å². The van der Waals surface area contributed by atoms with Crippen molar-refractivity contribution in [3.8, 4) is 6.07 Å². The molecule has 2 heterocycles. The zero-order valence-corrected chi connectivity index (χ0v) is 19.9. The number of sulfone groups is 1. The van der Waals surface area contributed by atoms with Crippen LogP contribution in [0.4, 0.5) is 11.4 Å². The largest absolute Gasteiger partial charge is 0.370 e. The van der Waals surface area contributed by atoms with Crippen molar-refractivity contribution in [3.05, 3.63) is 24.3 Å². The molecule has 0 bridgehead atoms. The minimum Gasteiger partial charge on any atom is -0.370 e. The molecule has 2 aliphatic heterocycles. The average molecular weight is 449 g/mol. The van der Waals surface area contributed by atoms with E-state index in [2.05, 4.69) is 42.7 Å². The monoisotopic (exact) mass is 448 g/mol. The highest BCUT2D eigenvalue weighted by Gasteiger charge is 2.22. The van der Waals surface area contributed by atoms with E-state index < -0.39 is 9.84 Å². The van der Waals surface area contributed by atoms with E-state index in [4.69, 9.17) is 5.26 Å². The van der Waals surface area contributed by atoms with Gasteiger partial charge < -0.3 is 14.7 Å². The van der Waals surface area contributed by atoms with Crippen LogP contribution in [0.15, 0.2) is 24.3 Å². The lowest BCUT2D eigenvalue weighted by molar-refractivity contribution is -0.130. The fraction of sp³-hybridized carbons (Fsp3) is 0.652. The number of hydrogen-bond donors (Lipinski definition) is 0. The highest BCUT2D eigenvalue weighted by molar-refractivity contribution is 7.91. The average Bonchev–Trinajstić information content (AvgIpc) is 2.98. The molecule has 7 nitrogen and oxygen atoms in total. The first-order chi connectivity index (χ1) is 14.7. The Morgan fingerprint density at radius 1 is 0.935 bits per heavy atom. The molecule has 2 fully saturated rings. The summed E-state index contributed by atoms with van der Waals surface area (Å²) < 4.78 is 23.2. The molecule has 31 heavy (non-hydrogen) atoms. The van der Waals surface area contributed by atoms with Gasteiger partial charge in [-0.15, -0.1) is 0 Å². The lowest BCUT2D eigenvalue weighted by Gasteiger charge is -2.29. The maximum atomic E-state index is 12.1. The van der Waals surface area contributed by atoms with Crippen molar-refractivity contribution >= 4 is 27.1 Å². The van der Waals surface area contributed by atoms with Crippen LogP contribution in [0.25, 0.3) is 0 Å². The lowest BCUT2D eigenvalue weighted by atomic mass is 10.2. The van der Waals surface area contributed by atoms with Gasteiger partial charge in [-0.1, -0.05) is 20.8 Å². The topological polar surface area (TPSA) is 84.7 Å². The molecule has 0 radical (unpaired) electrons. The van der Waals surface area contributed by atoms with Gasteiger partial charge in [-0.3, -0.25) is 4.79 Å².